The molecule has 1 rings (SSSR count). The van der Waals surface area contributed by atoms with Crippen molar-refractivity contribution in [1.29, 1.82) is 0 Å². The first-order valence-electron chi connectivity index (χ1n) is 11.8. The molecule has 1 aromatic rings. The predicted octanol–water partition coefficient (Wildman–Crippen LogP) is -1.49. The minimum atomic E-state index is -1.31. The lowest BCUT2D eigenvalue weighted by Gasteiger charge is -2.22. The van der Waals surface area contributed by atoms with Gasteiger partial charge in [-0.3, -0.25) is 34.8 Å². The Morgan fingerprint density at radius 1 is 0.974 bits per heavy atom. The van der Waals surface area contributed by atoms with Crippen LogP contribution in [0.15, 0.2) is 23.2 Å². The summed E-state index contributed by atoms with van der Waals surface area (Å²) in [6.07, 6.45) is 0.943. The van der Waals surface area contributed by atoms with Gasteiger partial charge in [0.1, 0.15) is 23.8 Å². The molecule has 18 nitrogen and oxygen atoms in total. The zero-order chi connectivity index (χ0) is 29.5. The first-order chi connectivity index (χ1) is 18.4. The van der Waals surface area contributed by atoms with E-state index >= 15 is 0 Å². The van der Waals surface area contributed by atoms with E-state index in [1.54, 1.807) is 0 Å². The molecule has 2 amide bonds. The summed E-state index contributed by atoms with van der Waals surface area (Å²) < 4.78 is 0. The number of rotatable bonds is 18. The lowest BCUT2D eigenvalue weighted by atomic mass is 10.1. The first-order valence-corrected chi connectivity index (χ1v) is 11.8. The van der Waals surface area contributed by atoms with Gasteiger partial charge in [0.25, 0.3) is 11.4 Å². The second-order valence-corrected chi connectivity index (χ2v) is 8.34. The van der Waals surface area contributed by atoms with Crippen molar-refractivity contribution in [1.82, 2.24) is 10.6 Å². The summed E-state index contributed by atoms with van der Waals surface area (Å²) >= 11 is 0. The Bertz CT molecular complexity index is 1060. The molecular weight excluding hydrogens is 522 g/mol. The summed E-state index contributed by atoms with van der Waals surface area (Å²) in [5, 5.41) is 48.2. The van der Waals surface area contributed by atoms with Gasteiger partial charge in [-0.25, -0.2) is 4.79 Å². The van der Waals surface area contributed by atoms with Crippen molar-refractivity contribution in [3.63, 3.8) is 0 Å². The molecule has 3 atom stereocenters. The van der Waals surface area contributed by atoms with Gasteiger partial charge in [0.15, 0.2) is 5.96 Å². The molecule has 18 heteroatoms. The number of amides is 2. The maximum Gasteiger partial charge on any atom is 0.326 e. The highest BCUT2D eigenvalue weighted by Crippen LogP contribution is 2.28. The Morgan fingerprint density at radius 3 is 2.18 bits per heavy atom. The SMILES string of the molecule is NC(N)=NCCC[C@@H](NC(=O)[C@H](CCCCNc1ccc([N+](=O)[O-])cc1[N+](=O)[O-])NC(=O)[C@@H](N)CO)C(=O)O. The van der Waals surface area contributed by atoms with E-state index in [2.05, 4.69) is 20.9 Å². The van der Waals surface area contributed by atoms with Crippen molar-refractivity contribution in [2.45, 2.75) is 50.2 Å². The van der Waals surface area contributed by atoms with E-state index in [0.717, 1.165) is 12.1 Å². The molecule has 216 valence electrons. The zero-order valence-electron chi connectivity index (χ0n) is 20.9. The van der Waals surface area contributed by atoms with Crippen LogP contribution in [0, 0.1) is 20.2 Å². The molecule has 0 unspecified atom stereocenters. The van der Waals surface area contributed by atoms with Crippen molar-refractivity contribution >= 4 is 40.8 Å². The summed E-state index contributed by atoms with van der Waals surface area (Å²) in [4.78, 5) is 61.0. The number of unbranched alkanes of at least 4 members (excludes halogenated alkanes) is 1. The van der Waals surface area contributed by atoms with Crippen LogP contribution >= 0.6 is 0 Å². The van der Waals surface area contributed by atoms with E-state index in [0.29, 0.717) is 12.8 Å². The number of nitro benzene ring substituents is 2. The number of aliphatic hydroxyl groups is 1. The molecule has 0 heterocycles. The second kappa shape index (κ2) is 16.3. The van der Waals surface area contributed by atoms with Gasteiger partial charge in [0, 0.05) is 19.2 Å². The van der Waals surface area contributed by atoms with Crippen LogP contribution in [0.2, 0.25) is 0 Å². The Labute approximate surface area is 222 Å². The van der Waals surface area contributed by atoms with Gasteiger partial charge >= 0.3 is 5.97 Å². The number of non-ortho nitro benzene ring substituents is 1. The van der Waals surface area contributed by atoms with Crippen molar-refractivity contribution < 1.29 is 34.4 Å². The Morgan fingerprint density at radius 2 is 1.62 bits per heavy atom. The third kappa shape index (κ3) is 11.6. The predicted molar refractivity (Wildman–Crippen MR) is 139 cm³/mol. The number of anilines is 1. The number of aliphatic carboxylic acids is 1. The first kappa shape index (κ1) is 32.4. The molecule has 0 aliphatic heterocycles. The summed E-state index contributed by atoms with van der Waals surface area (Å²) in [5.74, 6) is -3.08. The molecule has 0 bridgehead atoms. The van der Waals surface area contributed by atoms with Crippen LogP contribution in [0.25, 0.3) is 0 Å². The highest BCUT2D eigenvalue weighted by Gasteiger charge is 2.27. The van der Waals surface area contributed by atoms with Crippen LogP contribution in [0.4, 0.5) is 17.1 Å². The number of benzene rings is 1. The molecular formula is C21H33N9O9. The van der Waals surface area contributed by atoms with E-state index in [4.69, 9.17) is 22.3 Å². The number of aliphatic imine (C=N–C) groups is 1. The monoisotopic (exact) mass is 555 g/mol. The number of hydrogen-bond acceptors (Lipinski definition) is 11. The third-order valence-electron chi connectivity index (χ3n) is 5.35. The van der Waals surface area contributed by atoms with Gasteiger partial charge < -0.3 is 43.4 Å². The molecule has 0 spiro atoms. The van der Waals surface area contributed by atoms with Crippen LogP contribution in [0.1, 0.15) is 32.1 Å². The van der Waals surface area contributed by atoms with E-state index in [1.807, 2.05) is 0 Å². The van der Waals surface area contributed by atoms with E-state index < -0.39 is 63.7 Å². The van der Waals surface area contributed by atoms with Crippen LogP contribution in [0.5, 0.6) is 0 Å². The molecule has 39 heavy (non-hydrogen) atoms. The quantitative estimate of drug-likeness (QED) is 0.0337. The zero-order valence-corrected chi connectivity index (χ0v) is 20.9. The summed E-state index contributed by atoms with van der Waals surface area (Å²) in [6.45, 7) is -0.353. The highest BCUT2D eigenvalue weighted by atomic mass is 16.6. The number of carbonyl (C=O) groups is 3. The fourth-order valence-corrected chi connectivity index (χ4v) is 3.29. The van der Waals surface area contributed by atoms with Gasteiger partial charge in [-0.2, -0.15) is 0 Å². The Kier molecular flexibility index (Phi) is 13.6. The largest absolute Gasteiger partial charge is 0.480 e. The van der Waals surface area contributed by atoms with Crippen molar-refractivity contribution in [2.24, 2.45) is 22.2 Å². The van der Waals surface area contributed by atoms with Crippen LogP contribution in [-0.4, -0.2) is 81.6 Å². The molecule has 1 aromatic carbocycles. The summed E-state index contributed by atoms with van der Waals surface area (Å²) in [7, 11) is 0. The maximum atomic E-state index is 12.8. The van der Waals surface area contributed by atoms with Crippen LogP contribution < -0.4 is 33.2 Å². The number of carbonyl (C=O) groups excluding carboxylic acids is 2. The number of nitro groups is 2. The number of carboxylic acids is 1. The van der Waals surface area contributed by atoms with Crippen LogP contribution in [0.3, 0.4) is 0 Å². The molecule has 0 aromatic heterocycles. The Hall–Kier alpha value is -4.58. The van der Waals surface area contributed by atoms with Crippen molar-refractivity contribution in [3.05, 3.63) is 38.4 Å². The topological polar surface area (TPSA) is 304 Å². The van der Waals surface area contributed by atoms with Crippen molar-refractivity contribution in [2.75, 3.05) is 25.0 Å². The number of guanidine groups is 1. The third-order valence-corrected chi connectivity index (χ3v) is 5.35. The number of carboxylic acid groups (broad SMARTS) is 1. The number of nitrogens with two attached hydrogens (primary N) is 3. The lowest BCUT2D eigenvalue weighted by Crippen LogP contribution is -2.55. The van der Waals surface area contributed by atoms with E-state index in [1.165, 1.54) is 6.07 Å². The fraction of sp³-hybridized carbons (Fsp3) is 0.524. The standard InChI is InChI=1S/C21H33N9O9/c22-13(11-31)18(32)27-15(19(33)28-16(20(34)35)5-3-9-26-21(23)24)4-1-2-8-25-14-7-6-12(29(36)37)10-17(14)30(38)39/h6-7,10,13,15-16,25,31H,1-5,8-9,11,22H2,(H,27,32)(H,28,33)(H,34,35)(H4,23,24,26)/t13-,15-,16+/m0/s1. The smallest absolute Gasteiger partial charge is 0.326 e. The molecule has 0 saturated carbocycles. The molecule has 0 fully saturated rings. The van der Waals surface area contributed by atoms with Gasteiger partial charge in [-0.1, -0.05) is 0 Å². The number of nitrogens with zero attached hydrogens (tertiary/aromatic N) is 3. The summed E-state index contributed by atoms with van der Waals surface area (Å²) in [5.41, 5.74) is 15.1. The average molecular weight is 556 g/mol. The van der Waals surface area contributed by atoms with Gasteiger partial charge in [0.2, 0.25) is 11.8 Å². The number of nitrogens with one attached hydrogen (secondary N) is 3. The minimum Gasteiger partial charge on any atom is -0.480 e. The minimum absolute atomic E-state index is 0.00656. The Balaban J connectivity index is 2.80. The van der Waals surface area contributed by atoms with Crippen LogP contribution in [-0.2, 0) is 14.4 Å². The van der Waals surface area contributed by atoms with Crippen molar-refractivity contribution in [3.8, 4) is 0 Å². The van der Waals surface area contributed by atoms with Gasteiger partial charge in [-0.05, 0) is 38.2 Å². The van der Waals surface area contributed by atoms with E-state index in [-0.39, 0.29) is 44.0 Å². The average Bonchev–Trinajstić information content (AvgIpc) is 2.88. The maximum absolute atomic E-state index is 12.8. The van der Waals surface area contributed by atoms with Gasteiger partial charge in [-0.15, -0.1) is 0 Å². The number of aliphatic hydroxyl groups excluding tert-OH is 1. The summed E-state index contributed by atoms with van der Waals surface area (Å²) in [6, 6.07) is -0.628. The molecule has 0 aliphatic carbocycles. The fourth-order valence-electron chi connectivity index (χ4n) is 3.29. The number of hydrogen-bond donors (Lipinski definition) is 8. The van der Waals surface area contributed by atoms with Gasteiger partial charge in [0.05, 0.1) is 22.5 Å². The molecule has 0 radical (unpaired) electrons. The lowest BCUT2D eigenvalue weighted by molar-refractivity contribution is -0.393. The molecule has 0 saturated heterocycles. The normalized spacial score (nSPS) is 12.9. The molecule has 0 aliphatic rings. The highest BCUT2D eigenvalue weighted by molar-refractivity contribution is 5.91. The second-order valence-electron chi connectivity index (χ2n) is 8.34. The molecule has 11 N–H and O–H groups in total. The van der Waals surface area contributed by atoms with E-state index in [9.17, 15) is 39.7 Å².